The lowest BCUT2D eigenvalue weighted by atomic mass is 9.38. The Labute approximate surface area is 157 Å². The summed E-state index contributed by atoms with van der Waals surface area (Å²) < 4.78 is 0. The summed E-state index contributed by atoms with van der Waals surface area (Å²) in [6, 6.07) is 5.04. The zero-order chi connectivity index (χ0) is 19.5. The predicted molar refractivity (Wildman–Crippen MR) is 103 cm³/mol. The summed E-state index contributed by atoms with van der Waals surface area (Å²) in [5.74, 6) is -0.294. The van der Waals surface area contributed by atoms with Crippen molar-refractivity contribution in [2.45, 2.75) is 67.2 Å². The lowest BCUT2D eigenvalue weighted by Gasteiger charge is -2.64. The van der Waals surface area contributed by atoms with Gasteiger partial charge in [-0.2, -0.15) is 0 Å². The third-order valence-electron chi connectivity index (χ3n) is 8.10. The van der Waals surface area contributed by atoms with Crippen LogP contribution in [0.15, 0.2) is 18.2 Å². The van der Waals surface area contributed by atoms with Crippen molar-refractivity contribution in [3.05, 3.63) is 29.3 Å². The first-order valence-electron chi connectivity index (χ1n) is 9.80. The molecule has 0 amide bonds. The number of phenolic OH excluding ortho intramolecular Hbond substituents is 1. The van der Waals surface area contributed by atoms with Gasteiger partial charge in [0.1, 0.15) is 11.5 Å². The highest BCUT2D eigenvalue weighted by Crippen LogP contribution is 2.68. The topological polar surface area (TPSA) is 54.4 Å². The Morgan fingerprint density at radius 3 is 2.38 bits per heavy atom. The van der Waals surface area contributed by atoms with E-state index in [2.05, 4.69) is 27.7 Å². The summed E-state index contributed by atoms with van der Waals surface area (Å²) >= 11 is 0. The van der Waals surface area contributed by atoms with Crippen molar-refractivity contribution in [3.8, 4) is 5.75 Å². The number of phenols is 1. The number of carbonyl (C=O) groups excluding carboxylic acids is 2. The second-order valence-corrected chi connectivity index (χ2v) is 9.82. The Morgan fingerprint density at radius 2 is 1.77 bits per heavy atom. The van der Waals surface area contributed by atoms with E-state index < -0.39 is 0 Å². The highest BCUT2D eigenvalue weighted by atomic mass is 16.3. The Balaban J connectivity index is 2.14. The Kier molecular flexibility index (Phi) is 4.37. The number of ketones is 2. The summed E-state index contributed by atoms with van der Waals surface area (Å²) in [5.41, 5.74) is 0.983. The van der Waals surface area contributed by atoms with Crippen LogP contribution < -0.4 is 0 Å². The summed E-state index contributed by atoms with van der Waals surface area (Å²) in [6.07, 6.45) is 3.70. The van der Waals surface area contributed by atoms with Crippen LogP contribution in [-0.4, -0.2) is 16.7 Å². The second-order valence-electron chi connectivity index (χ2n) is 9.82. The first-order chi connectivity index (χ1) is 11.9. The minimum atomic E-state index is -0.338. The van der Waals surface area contributed by atoms with Crippen molar-refractivity contribution in [1.29, 1.82) is 0 Å². The number of fused-ring (bicyclic) bond motifs is 1. The summed E-state index contributed by atoms with van der Waals surface area (Å²) in [7, 11) is 0. The van der Waals surface area contributed by atoms with Crippen molar-refractivity contribution in [2.24, 2.45) is 28.1 Å². The van der Waals surface area contributed by atoms with E-state index in [0.717, 1.165) is 24.8 Å². The summed E-state index contributed by atoms with van der Waals surface area (Å²) in [4.78, 5) is 26.6. The van der Waals surface area contributed by atoms with Crippen LogP contribution in [0.3, 0.4) is 0 Å². The standard InChI is InChI=1S/C23H32O3/c1-14-10-16(12-17(24)11-14)20(26)19-15(2)18(25)13-23(6)21(3,4)8-7-9-22(19,23)5/h10-12,15,19,24H,7-9,13H2,1-6H3/t15-,19-,22-,23+/m1/s1. The van der Waals surface area contributed by atoms with Gasteiger partial charge in [0.15, 0.2) is 5.78 Å². The molecule has 2 fully saturated rings. The smallest absolute Gasteiger partial charge is 0.167 e. The molecule has 3 heteroatoms. The first-order valence-corrected chi connectivity index (χ1v) is 9.80. The molecule has 2 aliphatic rings. The molecule has 0 saturated heterocycles. The fourth-order valence-electron chi connectivity index (χ4n) is 6.01. The second kappa shape index (κ2) is 5.94. The Hall–Kier alpha value is -1.64. The highest BCUT2D eigenvalue weighted by Gasteiger charge is 2.64. The molecule has 4 atom stereocenters. The van der Waals surface area contributed by atoms with Gasteiger partial charge < -0.3 is 5.11 Å². The van der Waals surface area contributed by atoms with Crippen LogP contribution in [0.1, 0.15) is 76.2 Å². The predicted octanol–water partition coefficient (Wildman–Crippen LogP) is 5.33. The van der Waals surface area contributed by atoms with Crippen LogP contribution in [0.4, 0.5) is 0 Å². The molecule has 0 aromatic heterocycles. The van der Waals surface area contributed by atoms with Crippen LogP contribution in [0.25, 0.3) is 0 Å². The molecule has 2 aliphatic carbocycles. The van der Waals surface area contributed by atoms with E-state index in [1.165, 1.54) is 0 Å². The largest absolute Gasteiger partial charge is 0.508 e. The van der Waals surface area contributed by atoms with E-state index in [1.54, 1.807) is 12.1 Å². The maximum Gasteiger partial charge on any atom is 0.167 e. The highest BCUT2D eigenvalue weighted by molar-refractivity contribution is 6.02. The van der Waals surface area contributed by atoms with Gasteiger partial charge in [0.25, 0.3) is 0 Å². The third kappa shape index (κ3) is 2.54. The van der Waals surface area contributed by atoms with Crippen molar-refractivity contribution in [1.82, 2.24) is 0 Å². The van der Waals surface area contributed by atoms with Gasteiger partial charge in [-0.3, -0.25) is 9.59 Å². The zero-order valence-corrected chi connectivity index (χ0v) is 17.0. The van der Waals surface area contributed by atoms with Crippen LogP contribution in [0.5, 0.6) is 5.75 Å². The zero-order valence-electron chi connectivity index (χ0n) is 17.0. The number of carbonyl (C=O) groups is 2. The van der Waals surface area contributed by atoms with Gasteiger partial charge >= 0.3 is 0 Å². The monoisotopic (exact) mass is 356 g/mol. The van der Waals surface area contributed by atoms with E-state index in [4.69, 9.17) is 0 Å². The van der Waals surface area contributed by atoms with E-state index in [-0.39, 0.29) is 45.4 Å². The number of hydrogen-bond donors (Lipinski definition) is 1. The lowest BCUT2D eigenvalue weighted by molar-refractivity contribution is -0.170. The van der Waals surface area contributed by atoms with Crippen LogP contribution in [0, 0.1) is 35.0 Å². The van der Waals surface area contributed by atoms with Gasteiger partial charge in [0.05, 0.1) is 0 Å². The molecule has 1 aromatic rings. The molecule has 0 heterocycles. The molecule has 3 rings (SSSR count). The molecule has 0 bridgehead atoms. The fraction of sp³-hybridized carbons (Fsp3) is 0.652. The number of hydrogen-bond acceptors (Lipinski definition) is 3. The average Bonchev–Trinajstić information content (AvgIpc) is 2.50. The van der Waals surface area contributed by atoms with Crippen LogP contribution >= 0.6 is 0 Å². The van der Waals surface area contributed by atoms with Crippen molar-refractivity contribution >= 4 is 11.6 Å². The fourth-order valence-corrected chi connectivity index (χ4v) is 6.01. The molecular formula is C23H32O3. The number of aryl methyl sites for hydroxylation is 1. The van der Waals surface area contributed by atoms with Gasteiger partial charge in [-0.1, -0.05) is 41.0 Å². The minimum Gasteiger partial charge on any atom is -0.508 e. The normalized spacial score (nSPS) is 36.5. The maximum atomic E-state index is 13.6. The number of Topliss-reactive ketones (excluding diaryl/α,β-unsaturated/α-hetero) is 2. The van der Waals surface area contributed by atoms with Gasteiger partial charge in [0, 0.05) is 23.8 Å². The van der Waals surface area contributed by atoms with Gasteiger partial charge in [-0.15, -0.1) is 0 Å². The molecule has 0 spiro atoms. The van der Waals surface area contributed by atoms with Gasteiger partial charge in [-0.25, -0.2) is 0 Å². The van der Waals surface area contributed by atoms with Crippen molar-refractivity contribution in [3.63, 3.8) is 0 Å². The molecule has 3 nitrogen and oxygen atoms in total. The van der Waals surface area contributed by atoms with E-state index in [9.17, 15) is 14.7 Å². The Bertz CT molecular complexity index is 742. The average molecular weight is 357 g/mol. The van der Waals surface area contributed by atoms with Crippen molar-refractivity contribution < 1.29 is 14.7 Å². The Morgan fingerprint density at radius 1 is 1.12 bits per heavy atom. The first kappa shape index (κ1) is 19.1. The summed E-state index contributed by atoms with van der Waals surface area (Å²) in [6.45, 7) is 12.8. The van der Waals surface area contributed by atoms with Gasteiger partial charge in [-0.05, 0) is 59.8 Å². The van der Waals surface area contributed by atoms with E-state index in [1.807, 2.05) is 19.9 Å². The molecule has 142 valence electrons. The number of benzene rings is 1. The summed E-state index contributed by atoms with van der Waals surface area (Å²) in [5, 5.41) is 9.97. The quantitative estimate of drug-likeness (QED) is 0.729. The van der Waals surface area contributed by atoms with Crippen molar-refractivity contribution in [2.75, 3.05) is 0 Å². The number of aromatic hydroxyl groups is 1. The molecule has 26 heavy (non-hydrogen) atoms. The molecule has 2 saturated carbocycles. The maximum absolute atomic E-state index is 13.6. The molecular weight excluding hydrogens is 324 g/mol. The van der Waals surface area contributed by atoms with E-state index in [0.29, 0.717) is 12.0 Å². The van der Waals surface area contributed by atoms with Gasteiger partial charge in [0.2, 0.25) is 0 Å². The SMILES string of the molecule is Cc1cc(O)cc(C(=O)[C@H]2[C@H](C)C(=O)C[C@@]3(C)C(C)(C)CCC[C@]23C)c1. The van der Waals surface area contributed by atoms with E-state index >= 15 is 0 Å². The molecule has 1 N–H and O–H groups in total. The van der Waals surface area contributed by atoms with Crippen LogP contribution in [0.2, 0.25) is 0 Å². The molecule has 1 aromatic carbocycles. The van der Waals surface area contributed by atoms with Crippen LogP contribution in [-0.2, 0) is 4.79 Å². The molecule has 0 unspecified atom stereocenters. The number of rotatable bonds is 2. The minimum absolute atomic E-state index is 0.0102. The third-order valence-corrected chi connectivity index (χ3v) is 8.10. The molecule has 0 aliphatic heterocycles. The lowest BCUT2D eigenvalue weighted by Crippen LogP contribution is -2.62. The molecule has 0 radical (unpaired) electrons.